The van der Waals surface area contributed by atoms with Crippen molar-refractivity contribution in [2.45, 2.75) is 31.6 Å². The molecule has 1 aromatic heterocycles. The van der Waals surface area contributed by atoms with Gasteiger partial charge in [0.15, 0.2) is 0 Å². The fourth-order valence-electron chi connectivity index (χ4n) is 5.83. The molecule has 1 atom stereocenters. The summed E-state index contributed by atoms with van der Waals surface area (Å²) in [7, 11) is 0. The molecule has 49 heavy (non-hydrogen) atoms. The minimum Gasteiger partial charge on any atom is -0.548 e. The number of benzene rings is 5. The molecule has 2 N–H and O–H groups in total. The molecule has 6 nitrogen and oxygen atoms in total. The van der Waals surface area contributed by atoms with Gasteiger partial charge in [-0.3, -0.25) is 9.78 Å². The summed E-state index contributed by atoms with van der Waals surface area (Å²) in [5.41, 5.74) is 5.02. The maximum Gasteiger partial charge on any atom is 0.418 e. The molecule has 0 unspecified atom stereocenters. The average Bonchev–Trinajstić information content (AvgIpc) is 3.11. The number of para-hydroxylation sites is 1. The molecule has 0 aliphatic heterocycles. The number of anilines is 1. The van der Waals surface area contributed by atoms with Crippen molar-refractivity contribution in [3.05, 3.63) is 167 Å². The summed E-state index contributed by atoms with van der Waals surface area (Å²) in [6.45, 7) is 0.396. The van der Waals surface area contributed by atoms with Gasteiger partial charge < -0.3 is 20.5 Å². The zero-order valence-electron chi connectivity index (χ0n) is 26.2. The van der Waals surface area contributed by atoms with Crippen molar-refractivity contribution in [1.82, 2.24) is 10.3 Å². The van der Waals surface area contributed by atoms with Crippen molar-refractivity contribution in [3.63, 3.8) is 0 Å². The fourth-order valence-corrected chi connectivity index (χ4v) is 5.83. The zero-order chi connectivity index (χ0) is 34.4. The van der Waals surface area contributed by atoms with E-state index in [4.69, 9.17) is 0 Å². The number of nitrogens with one attached hydrogen (secondary N) is 2. The van der Waals surface area contributed by atoms with Gasteiger partial charge in [-0.15, -0.1) is 0 Å². The van der Waals surface area contributed by atoms with Crippen LogP contribution in [0.2, 0.25) is 0 Å². The van der Waals surface area contributed by atoms with E-state index in [9.17, 15) is 27.9 Å². The first-order valence-electron chi connectivity index (χ1n) is 15.7. The lowest BCUT2D eigenvalue weighted by Gasteiger charge is -2.20. The Kier molecular flexibility index (Phi) is 9.71. The maximum absolute atomic E-state index is 14.0. The number of carboxylic acid groups (broad SMARTS) is 1. The van der Waals surface area contributed by atoms with Crippen molar-refractivity contribution in [1.29, 1.82) is 0 Å². The van der Waals surface area contributed by atoms with E-state index in [1.54, 1.807) is 54.6 Å². The summed E-state index contributed by atoms with van der Waals surface area (Å²) in [4.78, 5) is 28.8. The lowest BCUT2D eigenvalue weighted by molar-refractivity contribution is -0.308. The highest BCUT2D eigenvalue weighted by atomic mass is 19.4. The molecule has 0 bridgehead atoms. The maximum atomic E-state index is 14.0. The minimum absolute atomic E-state index is 0.0997. The Labute approximate surface area is 281 Å². The minimum atomic E-state index is -4.55. The molecule has 0 spiro atoms. The number of aliphatic carboxylic acids is 1. The molecule has 0 saturated carbocycles. The summed E-state index contributed by atoms with van der Waals surface area (Å²) in [6, 6.07) is 35.9. The number of nitrogens with zero attached hydrogens (tertiary/aromatic N) is 1. The second-order valence-corrected chi connectivity index (χ2v) is 11.7. The van der Waals surface area contributed by atoms with E-state index in [1.807, 2.05) is 60.7 Å². The molecule has 0 radical (unpaired) electrons. The summed E-state index contributed by atoms with van der Waals surface area (Å²) in [6.07, 6.45) is -2.43. The summed E-state index contributed by atoms with van der Waals surface area (Å²) in [5, 5.41) is 18.0. The largest absolute Gasteiger partial charge is 0.548 e. The van der Waals surface area contributed by atoms with E-state index in [2.05, 4.69) is 15.6 Å². The molecular weight excluding hydrogens is 627 g/mol. The number of hydrogen-bond donors (Lipinski definition) is 2. The first kappa shape index (κ1) is 33.0. The number of fused-ring (bicyclic) bond motifs is 1. The van der Waals surface area contributed by atoms with Crippen LogP contribution >= 0.6 is 0 Å². The van der Waals surface area contributed by atoms with Crippen LogP contribution in [0.5, 0.6) is 0 Å². The number of rotatable bonds is 11. The van der Waals surface area contributed by atoms with Crippen LogP contribution < -0.4 is 15.7 Å². The van der Waals surface area contributed by atoms with Gasteiger partial charge in [0, 0.05) is 29.4 Å². The van der Waals surface area contributed by atoms with Crippen LogP contribution in [0.25, 0.3) is 22.0 Å². The Morgan fingerprint density at radius 1 is 0.755 bits per heavy atom. The van der Waals surface area contributed by atoms with E-state index >= 15 is 0 Å². The molecule has 9 heteroatoms. The van der Waals surface area contributed by atoms with Crippen LogP contribution in [-0.2, 0) is 30.4 Å². The van der Waals surface area contributed by atoms with Gasteiger partial charge in [-0.25, -0.2) is 0 Å². The van der Waals surface area contributed by atoms with Gasteiger partial charge >= 0.3 is 6.18 Å². The van der Waals surface area contributed by atoms with Crippen LogP contribution in [0, 0.1) is 0 Å². The van der Waals surface area contributed by atoms with Crippen molar-refractivity contribution < 1.29 is 27.9 Å². The third-order valence-electron chi connectivity index (χ3n) is 8.26. The Morgan fingerprint density at radius 3 is 2.10 bits per heavy atom. The first-order valence-corrected chi connectivity index (χ1v) is 15.7. The monoisotopic (exact) mass is 658 g/mol. The van der Waals surface area contributed by atoms with Crippen molar-refractivity contribution in [2.24, 2.45) is 0 Å². The molecular formula is C40H31F3N3O3-. The standard InChI is InChI=1S/C40H32F3N3O3/c41-40(42,43)34-16-8-15-33-36(31(25-45-37(33)34)21-26-9-3-1-4-10-26)30-13-7-14-32(23-30)44-24-28-17-19-29(20-18-28)38(47)46-35(39(48)49)22-27-11-5-2-6-12-27/h1-20,23,25,35,44H,21-22,24H2,(H,46,47)(H,48,49)/p-1/t35-/m1/s1. The quantitative estimate of drug-likeness (QED) is 0.153. The second kappa shape index (κ2) is 14.4. The predicted molar refractivity (Wildman–Crippen MR) is 182 cm³/mol. The lowest BCUT2D eigenvalue weighted by atomic mass is 9.91. The number of pyridine rings is 1. The van der Waals surface area contributed by atoms with Crippen LogP contribution in [-0.4, -0.2) is 22.9 Å². The zero-order valence-corrected chi connectivity index (χ0v) is 26.2. The van der Waals surface area contributed by atoms with Crippen molar-refractivity contribution >= 4 is 28.5 Å². The number of halogens is 3. The highest BCUT2D eigenvalue weighted by Crippen LogP contribution is 2.39. The fraction of sp³-hybridized carbons (Fsp3) is 0.125. The molecule has 1 amide bonds. The van der Waals surface area contributed by atoms with Crippen LogP contribution in [0.1, 0.15) is 38.2 Å². The number of hydrogen-bond acceptors (Lipinski definition) is 5. The molecule has 0 fully saturated rings. The summed E-state index contributed by atoms with van der Waals surface area (Å²) < 4.78 is 41.9. The molecule has 0 aliphatic carbocycles. The van der Waals surface area contributed by atoms with Gasteiger partial charge in [0.05, 0.1) is 23.1 Å². The third kappa shape index (κ3) is 7.96. The van der Waals surface area contributed by atoms with Crippen LogP contribution in [0.15, 0.2) is 134 Å². The van der Waals surface area contributed by atoms with Gasteiger partial charge in [0.25, 0.3) is 5.91 Å². The number of carbonyl (C=O) groups excluding carboxylic acids is 2. The number of alkyl halides is 3. The molecule has 6 aromatic rings. The van der Waals surface area contributed by atoms with E-state index in [1.165, 1.54) is 12.3 Å². The SMILES string of the molecule is O=C(N[C@H](Cc1ccccc1)C(=O)[O-])c1ccc(CNc2cccc(-c3c(Cc4ccccc4)cnc4c(C(F)(F)F)cccc34)c2)cc1. The lowest BCUT2D eigenvalue weighted by Crippen LogP contribution is -2.49. The molecule has 6 rings (SSSR count). The highest BCUT2D eigenvalue weighted by molar-refractivity contribution is 5.98. The molecule has 1 heterocycles. The molecule has 246 valence electrons. The summed E-state index contributed by atoms with van der Waals surface area (Å²) in [5.74, 6) is -1.89. The Bertz CT molecular complexity index is 2080. The number of carboxylic acids is 1. The van der Waals surface area contributed by atoms with Gasteiger partial charge in [0.1, 0.15) is 0 Å². The normalized spacial score (nSPS) is 12.0. The van der Waals surface area contributed by atoms with Crippen molar-refractivity contribution in [2.75, 3.05) is 5.32 Å². The van der Waals surface area contributed by atoms with Gasteiger partial charge in [-0.05, 0) is 76.6 Å². The molecule has 0 saturated heterocycles. The second-order valence-electron chi connectivity index (χ2n) is 11.7. The third-order valence-corrected chi connectivity index (χ3v) is 8.26. The molecule has 0 aliphatic rings. The highest BCUT2D eigenvalue weighted by Gasteiger charge is 2.33. The molecule has 5 aromatic carbocycles. The Morgan fingerprint density at radius 2 is 1.43 bits per heavy atom. The van der Waals surface area contributed by atoms with E-state index < -0.39 is 29.7 Å². The van der Waals surface area contributed by atoms with Gasteiger partial charge in [-0.1, -0.05) is 97.1 Å². The van der Waals surface area contributed by atoms with Crippen molar-refractivity contribution in [3.8, 4) is 11.1 Å². The van der Waals surface area contributed by atoms with Crippen LogP contribution in [0.4, 0.5) is 18.9 Å². The predicted octanol–water partition coefficient (Wildman–Crippen LogP) is 7.21. The number of aromatic nitrogens is 1. The van der Waals surface area contributed by atoms with Gasteiger partial charge in [-0.2, -0.15) is 13.2 Å². The number of amides is 1. The smallest absolute Gasteiger partial charge is 0.418 e. The summed E-state index contributed by atoms with van der Waals surface area (Å²) >= 11 is 0. The van der Waals surface area contributed by atoms with E-state index in [-0.39, 0.29) is 11.9 Å². The van der Waals surface area contributed by atoms with Crippen LogP contribution in [0.3, 0.4) is 0 Å². The average molecular weight is 659 g/mol. The Balaban J connectivity index is 1.21. The Hall–Kier alpha value is -5.96. The first-order chi connectivity index (χ1) is 23.7. The number of carbonyl (C=O) groups is 2. The van der Waals surface area contributed by atoms with E-state index in [0.717, 1.165) is 39.6 Å². The topological polar surface area (TPSA) is 94.2 Å². The van der Waals surface area contributed by atoms with E-state index in [0.29, 0.717) is 29.5 Å². The van der Waals surface area contributed by atoms with Gasteiger partial charge in [0.2, 0.25) is 0 Å².